The van der Waals surface area contributed by atoms with Crippen LogP contribution in [0.3, 0.4) is 0 Å². The van der Waals surface area contributed by atoms with E-state index in [2.05, 4.69) is 30.7 Å². The van der Waals surface area contributed by atoms with Gasteiger partial charge in [0.2, 0.25) is 0 Å². The van der Waals surface area contributed by atoms with Gasteiger partial charge in [-0.1, -0.05) is 19.4 Å². The van der Waals surface area contributed by atoms with Gasteiger partial charge < -0.3 is 19.2 Å². The van der Waals surface area contributed by atoms with Crippen LogP contribution in [0.15, 0.2) is 30.0 Å². The number of ether oxygens (including phenoxy) is 3. The molecule has 2 aromatic rings. The van der Waals surface area contributed by atoms with E-state index >= 15 is 0 Å². The maximum absolute atomic E-state index is 12.6. The highest BCUT2D eigenvalue weighted by molar-refractivity contribution is 6.16. The lowest BCUT2D eigenvalue weighted by Crippen LogP contribution is -2.58. The number of carbonyl (C=O) groups is 1. The third-order valence-corrected chi connectivity index (χ3v) is 7.21. The summed E-state index contributed by atoms with van der Waals surface area (Å²) in [6.07, 6.45) is 4.40. The highest BCUT2D eigenvalue weighted by Gasteiger charge is 2.49. The normalized spacial score (nSPS) is 26.7. The summed E-state index contributed by atoms with van der Waals surface area (Å²) in [7, 11) is 7.05. The van der Waals surface area contributed by atoms with Crippen LogP contribution in [-0.2, 0) is 26.1 Å². The Morgan fingerprint density at radius 1 is 1.37 bits per heavy atom. The Balaban J connectivity index is 1.82. The van der Waals surface area contributed by atoms with Gasteiger partial charge >= 0.3 is 5.97 Å². The van der Waals surface area contributed by atoms with E-state index < -0.39 is 0 Å². The minimum Gasteiger partial charge on any atom is -0.504 e. The van der Waals surface area contributed by atoms with Gasteiger partial charge in [0.05, 0.1) is 33.2 Å². The Hall–Kier alpha value is -2.41. The Morgan fingerprint density at radius 3 is 2.83 bits per heavy atom. The van der Waals surface area contributed by atoms with Crippen LogP contribution >= 0.6 is 0 Å². The Labute approximate surface area is 179 Å². The molecule has 3 atom stereocenters. The molecule has 1 aromatic carbocycles. The van der Waals surface area contributed by atoms with Crippen molar-refractivity contribution in [3.05, 3.63) is 41.3 Å². The molecule has 1 fully saturated rings. The number of hydrogen-bond acceptors (Lipinski definition) is 5. The molecule has 30 heavy (non-hydrogen) atoms. The van der Waals surface area contributed by atoms with Crippen molar-refractivity contribution in [1.82, 2.24) is 9.88 Å². The zero-order valence-corrected chi connectivity index (χ0v) is 18.6. The van der Waals surface area contributed by atoms with Crippen molar-refractivity contribution in [3.63, 3.8) is 0 Å². The van der Waals surface area contributed by atoms with Gasteiger partial charge in [0.25, 0.3) is 0 Å². The molecule has 6 nitrogen and oxygen atoms in total. The molecule has 2 aliphatic rings. The third kappa shape index (κ3) is 3.11. The van der Waals surface area contributed by atoms with Crippen LogP contribution in [-0.4, -0.2) is 58.1 Å². The number of benzene rings is 1. The Kier molecular flexibility index (Phi) is 5.58. The van der Waals surface area contributed by atoms with E-state index in [0.717, 1.165) is 43.6 Å². The van der Waals surface area contributed by atoms with Gasteiger partial charge in [0.15, 0.2) is 0 Å². The second kappa shape index (κ2) is 8.02. The number of H-pyrrole nitrogens is 1. The molecule has 0 amide bonds. The molecule has 0 unspecified atom stereocenters. The number of methoxy groups -OCH3 is 3. The molecule has 0 spiro atoms. The van der Waals surface area contributed by atoms with Gasteiger partial charge in [-0.2, -0.15) is 0 Å². The topological polar surface area (TPSA) is 63.8 Å². The fraction of sp³-hybridized carbons (Fsp3) is 0.522. The molecular formula is C23H31BN2O4. The first-order valence-corrected chi connectivity index (χ1v) is 10.7. The van der Waals surface area contributed by atoms with Crippen LogP contribution < -0.4 is 4.74 Å². The number of fused-ring (bicyclic) bond motifs is 5. The summed E-state index contributed by atoms with van der Waals surface area (Å²) in [5, 5.41) is 1.19. The fourth-order valence-corrected chi connectivity index (χ4v) is 5.65. The first-order valence-electron chi connectivity index (χ1n) is 10.7. The number of nitrogens with one attached hydrogen (secondary N) is 1. The predicted molar refractivity (Wildman–Crippen MR) is 119 cm³/mol. The molecule has 0 aliphatic carbocycles. The van der Waals surface area contributed by atoms with Crippen LogP contribution in [0.4, 0.5) is 0 Å². The Bertz CT molecular complexity index is 985. The van der Waals surface area contributed by atoms with Crippen molar-refractivity contribution in [3.8, 4) is 5.75 Å². The maximum atomic E-state index is 12.6. The van der Waals surface area contributed by atoms with E-state index in [9.17, 15) is 4.79 Å². The van der Waals surface area contributed by atoms with E-state index in [0.29, 0.717) is 11.5 Å². The second-order valence-electron chi connectivity index (χ2n) is 8.61. The van der Waals surface area contributed by atoms with Crippen molar-refractivity contribution < 1.29 is 19.0 Å². The monoisotopic (exact) mass is 410 g/mol. The maximum Gasteiger partial charge on any atom is 0.337 e. The number of piperidine rings is 1. The molecule has 3 heterocycles. The summed E-state index contributed by atoms with van der Waals surface area (Å²) in [6, 6.07) is 6.17. The minimum atomic E-state index is -0.299. The van der Waals surface area contributed by atoms with E-state index in [4.69, 9.17) is 14.2 Å². The average Bonchev–Trinajstić information content (AvgIpc) is 3.16. The van der Waals surface area contributed by atoms with Crippen molar-refractivity contribution in [1.29, 1.82) is 0 Å². The highest BCUT2D eigenvalue weighted by atomic mass is 16.5. The molecular weight excluding hydrogens is 379 g/mol. The van der Waals surface area contributed by atoms with Gasteiger partial charge in [0, 0.05) is 35.1 Å². The lowest BCUT2D eigenvalue weighted by Gasteiger charge is -2.53. The van der Waals surface area contributed by atoms with Crippen LogP contribution in [0, 0.1) is 11.8 Å². The third-order valence-electron chi connectivity index (χ3n) is 7.21. The largest absolute Gasteiger partial charge is 0.504 e. The van der Waals surface area contributed by atoms with E-state index in [-0.39, 0.29) is 17.3 Å². The number of esters is 1. The molecule has 7 heteroatoms. The van der Waals surface area contributed by atoms with Gasteiger partial charge in [-0.15, -0.1) is 0 Å². The Morgan fingerprint density at radius 2 is 2.17 bits per heavy atom. The van der Waals surface area contributed by atoms with Crippen molar-refractivity contribution >= 4 is 24.7 Å². The van der Waals surface area contributed by atoms with Crippen LogP contribution in [0.1, 0.15) is 31.0 Å². The second-order valence-corrected chi connectivity index (χ2v) is 8.61. The smallest absolute Gasteiger partial charge is 0.337 e. The summed E-state index contributed by atoms with van der Waals surface area (Å²) in [4.78, 5) is 18.9. The summed E-state index contributed by atoms with van der Waals surface area (Å²) in [5.74, 6) is 1.06. The number of rotatable bonds is 5. The molecule has 1 saturated heterocycles. The number of aromatic nitrogens is 1. The van der Waals surface area contributed by atoms with E-state index in [1.165, 1.54) is 23.8 Å². The zero-order valence-electron chi connectivity index (χ0n) is 18.6. The summed E-state index contributed by atoms with van der Waals surface area (Å²) in [5.41, 5.74) is 4.12. The molecule has 0 bridgehead atoms. The van der Waals surface area contributed by atoms with Gasteiger partial charge in [0.1, 0.15) is 13.6 Å². The van der Waals surface area contributed by atoms with Crippen molar-refractivity contribution in [2.45, 2.75) is 31.6 Å². The number of hydrogen-bond donors (Lipinski definition) is 1. The first-order chi connectivity index (χ1) is 14.5. The average molecular weight is 410 g/mol. The quantitative estimate of drug-likeness (QED) is 0.355. The lowest BCUT2D eigenvalue weighted by atomic mass is 9.59. The SMILES string of the molecule is B[C@@]12C[C@H](/C(=C\OC)C(=O)OC)[C@H](CC)CN1CCc1c2[nH]c2cccc(OC)c12. The van der Waals surface area contributed by atoms with Crippen LogP contribution in [0.2, 0.25) is 0 Å². The summed E-state index contributed by atoms with van der Waals surface area (Å²) < 4.78 is 16.1. The molecule has 0 saturated carbocycles. The van der Waals surface area contributed by atoms with Gasteiger partial charge in [-0.05, 0) is 42.4 Å². The number of carbonyl (C=O) groups excluding carboxylic acids is 1. The minimum absolute atomic E-state index is 0.0721. The summed E-state index contributed by atoms with van der Waals surface area (Å²) in [6.45, 7) is 4.14. The molecule has 1 aromatic heterocycles. The van der Waals surface area contributed by atoms with Crippen LogP contribution in [0.25, 0.3) is 10.9 Å². The highest BCUT2D eigenvalue weighted by Crippen LogP contribution is 2.49. The molecule has 160 valence electrons. The van der Waals surface area contributed by atoms with E-state index in [1.54, 1.807) is 20.5 Å². The first kappa shape index (κ1) is 20.9. The fourth-order valence-electron chi connectivity index (χ4n) is 5.65. The summed E-state index contributed by atoms with van der Waals surface area (Å²) >= 11 is 0. The van der Waals surface area contributed by atoms with Crippen molar-refractivity contribution in [2.75, 3.05) is 34.4 Å². The standard InChI is InChI=1S/C23H31BN2O4/c1-5-14-12-26-10-9-15-20-18(7-6-8-19(20)29-3)25-21(15)23(26,24)11-16(14)17(13-28-2)22(27)30-4/h6-8,13-14,16,25H,5,9-12,24H2,1-4H3/b17-13+/t14-,16+,23+/m1/s1. The van der Waals surface area contributed by atoms with Crippen molar-refractivity contribution in [2.24, 2.45) is 11.8 Å². The van der Waals surface area contributed by atoms with E-state index in [1.807, 2.05) is 12.1 Å². The number of nitrogens with zero attached hydrogens (tertiary/aromatic N) is 1. The molecule has 2 aliphatic heterocycles. The van der Waals surface area contributed by atoms with Crippen LogP contribution in [0.5, 0.6) is 5.75 Å². The van der Waals surface area contributed by atoms with Gasteiger partial charge in [-0.25, -0.2) is 4.79 Å². The zero-order chi connectivity index (χ0) is 21.5. The lowest BCUT2D eigenvalue weighted by molar-refractivity contribution is -0.137. The molecule has 0 radical (unpaired) electrons. The molecule has 4 rings (SSSR count). The predicted octanol–water partition coefficient (Wildman–Crippen LogP) is 2.57. The molecule has 1 N–H and O–H groups in total. The number of aromatic amines is 1. The van der Waals surface area contributed by atoms with Gasteiger partial charge in [-0.3, -0.25) is 4.90 Å².